The summed E-state index contributed by atoms with van der Waals surface area (Å²) in [7, 11) is 0. The van der Waals surface area contributed by atoms with Gasteiger partial charge in [-0.3, -0.25) is 19.5 Å². The number of fused-ring (bicyclic) bond motifs is 2. The summed E-state index contributed by atoms with van der Waals surface area (Å²) in [4.78, 5) is 54.0. The Labute approximate surface area is 196 Å². The summed E-state index contributed by atoms with van der Waals surface area (Å²) >= 11 is 5.99. The smallest absolute Gasteiger partial charge is 0.319 e. The Morgan fingerprint density at radius 2 is 2.00 bits per heavy atom. The summed E-state index contributed by atoms with van der Waals surface area (Å²) in [5, 5.41) is 11.8. The van der Waals surface area contributed by atoms with E-state index in [0.717, 1.165) is 24.2 Å². The number of carbonyl (C=O) groups is 1. The Balaban J connectivity index is 1.46. The lowest BCUT2D eigenvalue weighted by Gasteiger charge is -2.13. The fraction of sp³-hybridized carbons (Fsp3) is 0.217. The van der Waals surface area contributed by atoms with E-state index in [1.807, 2.05) is 0 Å². The van der Waals surface area contributed by atoms with E-state index in [9.17, 15) is 19.2 Å². The van der Waals surface area contributed by atoms with Crippen molar-refractivity contribution >= 4 is 45.1 Å². The number of aromatic amines is 2. The topological polar surface area (TPSA) is 141 Å². The molecule has 5 rings (SSSR count). The molecule has 10 nitrogen and oxygen atoms in total. The highest BCUT2D eigenvalue weighted by molar-refractivity contribution is 6.31. The van der Waals surface area contributed by atoms with Gasteiger partial charge in [-0.15, -0.1) is 0 Å². The standard InChI is InChI=1S/C23H21ClN6O4/c24-13-4-5-16-17(9-13)28-19-18(20(16)31)22(33)30(29-21(19)32)11-12-2-1-3-14(8-12)26-23(34)27-15-6-7-25-10-15/h1-5,8-9,15,25H,6-7,10-11H2,(H,28,31)(H,29,32)(H2,26,27,34). The average molecular weight is 481 g/mol. The fourth-order valence-corrected chi connectivity index (χ4v) is 4.35. The molecular weight excluding hydrogens is 460 g/mol. The number of amides is 2. The van der Waals surface area contributed by atoms with Crippen molar-refractivity contribution in [2.24, 2.45) is 0 Å². The van der Waals surface area contributed by atoms with E-state index in [1.165, 1.54) is 12.1 Å². The second-order valence-corrected chi connectivity index (χ2v) is 8.65. The number of halogens is 1. The second kappa shape index (κ2) is 8.81. The second-order valence-electron chi connectivity index (χ2n) is 8.21. The quantitative estimate of drug-likeness (QED) is 0.283. The number of urea groups is 1. The van der Waals surface area contributed by atoms with E-state index in [2.05, 4.69) is 26.0 Å². The Morgan fingerprint density at radius 3 is 2.79 bits per heavy atom. The highest BCUT2D eigenvalue weighted by Gasteiger charge is 2.17. The monoisotopic (exact) mass is 480 g/mol. The summed E-state index contributed by atoms with van der Waals surface area (Å²) < 4.78 is 1.09. The van der Waals surface area contributed by atoms with E-state index in [1.54, 1.807) is 30.3 Å². The van der Waals surface area contributed by atoms with Crippen LogP contribution in [0.15, 0.2) is 56.8 Å². The van der Waals surface area contributed by atoms with Gasteiger partial charge in [0.05, 0.1) is 12.1 Å². The highest BCUT2D eigenvalue weighted by atomic mass is 35.5. The fourth-order valence-electron chi connectivity index (χ4n) is 4.17. The zero-order valence-electron chi connectivity index (χ0n) is 17.9. The number of anilines is 1. The predicted octanol–water partition coefficient (Wildman–Crippen LogP) is 1.72. The van der Waals surface area contributed by atoms with Crippen molar-refractivity contribution in [1.82, 2.24) is 25.4 Å². The van der Waals surface area contributed by atoms with Crippen LogP contribution >= 0.6 is 11.6 Å². The highest BCUT2D eigenvalue weighted by Crippen LogP contribution is 2.16. The van der Waals surface area contributed by atoms with Gasteiger partial charge in [0.2, 0.25) is 5.43 Å². The third kappa shape index (κ3) is 4.20. The lowest BCUT2D eigenvalue weighted by atomic mass is 10.1. The zero-order valence-corrected chi connectivity index (χ0v) is 18.7. The van der Waals surface area contributed by atoms with Crippen molar-refractivity contribution in [3.63, 3.8) is 0 Å². The largest absolute Gasteiger partial charge is 0.350 e. The van der Waals surface area contributed by atoms with E-state index in [-0.39, 0.29) is 34.9 Å². The van der Waals surface area contributed by atoms with E-state index < -0.39 is 16.5 Å². The minimum atomic E-state index is -0.627. The first kappa shape index (κ1) is 21.9. The SMILES string of the molecule is O=C(Nc1cccc(Cn2[nH]c(=O)c3[nH]c4cc(Cl)ccc4c(=O)c3c2=O)c1)NC1CCNC1. The molecule has 0 saturated carbocycles. The molecule has 11 heteroatoms. The molecular formula is C23H21ClN6O4. The molecule has 4 aromatic rings. The minimum absolute atomic E-state index is 0.00575. The van der Waals surface area contributed by atoms with Crippen LogP contribution in [0.4, 0.5) is 10.5 Å². The molecule has 174 valence electrons. The molecule has 5 N–H and O–H groups in total. The lowest BCUT2D eigenvalue weighted by Crippen LogP contribution is -2.39. The van der Waals surface area contributed by atoms with E-state index in [0.29, 0.717) is 21.8 Å². The van der Waals surface area contributed by atoms with Gasteiger partial charge >= 0.3 is 6.03 Å². The summed E-state index contributed by atoms with van der Waals surface area (Å²) in [5.41, 5.74) is -0.310. The number of hydrogen-bond acceptors (Lipinski definition) is 5. The molecule has 0 aliphatic carbocycles. The summed E-state index contributed by atoms with van der Waals surface area (Å²) in [6, 6.07) is 11.3. The molecule has 1 saturated heterocycles. The molecule has 2 aromatic carbocycles. The number of nitrogens with one attached hydrogen (secondary N) is 5. The Bertz CT molecular complexity index is 1600. The first-order valence-corrected chi connectivity index (χ1v) is 11.1. The van der Waals surface area contributed by atoms with Crippen LogP contribution in [0, 0.1) is 0 Å². The van der Waals surface area contributed by atoms with Crippen molar-refractivity contribution < 1.29 is 4.79 Å². The van der Waals surface area contributed by atoms with Gasteiger partial charge in [0.15, 0.2) is 0 Å². The first-order valence-electron chi connectivity index (χ1n) is 10.7. The van der Waals surface area contributed by atoms with Crippen LogP contribution in [0.3, 0.4) is 0 Å². The van der Waals surface area contributed by atoms with Crippen LogP contribution in [-0.2, 0) is 6.54 Å². The minimum Gasteiger partial charge on any atom is -0.350 e. The molecule has 2 aromatic heterocycles. The maximum atomic E-state index is 13.1. The van der Waals surface area contributed by atoms with Gasteiger partial charge in [0.25, 0.3) is 11.1 Å². The van der Waals surface area contributed by atoms with Crippen molar-refractivity contribution in [1.29, 1.82) is 0 Å². The van der Waals surface area contributed by atoms with Gasteiger partial charge in [0.1, 0.15) is 10.9 Å². The number of benzene rings is 2. The van der Waals surface area contributed by atoms with Crippen LogP contribution < -0.4 is 32.5 Å². The zero-order chi connectivity index (χ0) is 23.8. The summed E-state index contributed by atoms with van der Waals surface area (Å²) in [6.45, 7) is 1.60. The van der Waals surface area contributed by atoms with E-state index >= 15 is 0 Å². The van der Waals surface area contributed by atoms with Crippen molar-refractivity contribution in [2.75, 3.05) is 18.4 Å². The molecule has 3 heterocycles. The van der Waals surface area contributed by atoms with Crippen LogP contribution in [-0.4, -0.2) is 39.9 Å². The van der Waals surface area contributed by atoms with Crippen LogP contribution in [0.5, 0.6) is 0 Å². The maximum absolute atomic E-state index is 13.1. The molecule has 0 spiro atoms. The van der Waals surface area contributed by atoms with Gasteiger partial charge in [-0.05, 0) is 48.9 Å². The number of carbonyl (C=O) groups excluding carboxylic acids is 1. The van der Waals surface area contributed by atoms with Gasteiger partial charge in [-0.1, -0.05) is 23.7 Å². The maximum Gasteiger partial charge on any atom is 0.319 e. The predicted molar refractivity (Wildman–Crippen MR) is 131 cm³/mol. The molecule has 1 unspecified atom stereocenters. The van der Waals surface area contributed by atoms with E-state index in [4.69, 9.17) is 11.6 Å². The van der Waals surface area contributed by atoms with Crippen molar-refractivity contribution in [3.8, 4) is 0 Å². The Morgan fingerprint density at radius 1 is 1.15 bits per heavy atom. The van der Waals surface area contributed by atoms with Gasteiger partial charge < -0.3 is 20.9 Å². The number of rotatable bonds is 4. The van der Waals surface area contributed by atoms with Crippen LogP contribution in [0.1, 0.15) is 12.0 Å². The van der Waals surface area contributed by atoms with Gasteiger partial charge in [-0.2, -0.15) is 0 Å². The van der Waals surface area contributed by atoms with Crippen molar-refractivity contribution in [3.05, 3.63) is 84.0 Å². The third-order valence-electron chi connectivity index (χ3n) is 5.81. The number of pyridine rings is 1. The Kier molecular flexibility index (Phi) is 5.68. The average Bonchev–Trinajstić information content (AvgIpc) is 3.30. The molecule has 1 atom stereocenters. The number of H-pyrrole nitrogens is 2. The molecule has 1 aliphatic heterocycles. The molecule has 1 aliphatic rings. The number of aromatic nitrogens is 3. The van der Waals surface area contributed by atoms with Crippen LogP contribution in [0.2, 0.25) is 5.02 Å². The normalized spacial score (nSPS) is 15.6. The third-order valence-corrected chi connectivity index (χ3v) is 6.04. The Hall–Kier alpha value is -3.89. The molecule has 34 heavy (non-hydrogen) atoms. The lowest BCUT2D eigenvalue weighted by molar-refractivity contribution is 0.249. The van der Waals surface area contributed by atoms with Crippen LogP contribution in [0.25, 0.3) is 21.8 Å². The van der Waals surface area contributed by atoms with Gasteiger partial charge in [-0.25, -0.2) is 9.48 Å². The number of nitrogens with zero attached hydrogens (tertiary/aromatic N) is 1. The molecule has 1 fully saturated rings. The van der Waals surface area contributed by atoms with Gasteiger partial charge in [0, 0.05) is 28.7 Å². The molecule has 0 radical (unpaired) electrons. The summed E-state index contributed by atoms with van der Waals surface area (Å²) in [5.74, 6) is 0. The molecule has 0 bridgehead atoms. The van der Waals surface area contributed by atoms with Crippen molar-refractivity contribution in [2.45, 2.75) is 19.0 Å². The summed E-state index contributed by atoms with van der Waals surface area (Å²) in [6.07, 6.45) is 0.868. The first-order chi connectivity index (χ1) is 16.4. The number of hydrogen-bond donors (Lipinski definition) is 5. The molecule has 2 amide bonds.